The summed E-state index contributed by atoms with van der Waals surface area (Å²) >= 11 is 0. The van der Waals surface area contributed by atoms with Crippen molar-refractivity contribution in [1.82, 2.24) is 5.32 Å². The first-order valence-electron chi connectivity index (χ1n) is 5.05. The molecule has 1 rings (SSSR count). The molecule has 0 radical (unpaired) electrons. The van der Waals surface area contributed by atoms with Crippen molar-refractivity contribution in [3.63, 3.8) is 0 Å². The molecular formula is C11H16FNO3. The van der Waals surface area contributed by atoms with Gasteiger partial charge in [-0.05, 0) is 37.7 Å². The van der Waals surface area contributed by atoms with Gasteiger partial charge in [-0.15, -0.1) is 0 Å². The molecule has 5 heteroatoms. The molecular weight excluding hydrogens is 213 g/mol. The lowest BCUT2D eigenvalue weighted by Crippen LogP contribution is -2.23. The molecule has 0 saturated carbocycles. The summed E-state index contributed by atoms with van der Waals surface area (Å²) in [5.41, 5.74) is 0.249. The second kappa shape index (κ2) is 5.79. The van der Waals surface area contributed by atoms with E-state index < -0.39 is 23.8 Å². The van der Waals surface area contributed by atoms with Crippen molar-refractivity contribution < 1.29 is 19.7 Å². The number of phenols is 1. The third kappa shape index (κ3) is 3.16. The van der Waals surface area contributed by atoms with Crippen LogP contribution in [0.15, 0.2) is 18.2 Å². The molecule has 1 aromatic rings. The van der Waals surface area contributed by atoms with Gasteiger partial charge >= 0.3 is 0 Å². The van der Waals surface area contributed by atoms with Crippen LogP contribution in [0, 0.1) is 5.82 Å². The summed E-state index contributed by atoms with van der Waals surface area (Å²) in [6.45, 7) is 0.554. The number of aliphatic hydroxyl groups excluding tert-OH is 2. The highest BCUT2D eigenvalue weighted by atomic mass is 19.1. The van der Waals surface area contributed by atoms with Crippen molar-refractivity contribution in [2.75, 3.05) is 13.6 Å². The van der Waals surface area contributed by atoms with E-state index in [0.29, 0.717) is 13.0 Å². The van der Waals surface area contributed by atoms with Crippen LogP contribution >= 0.6 is 0 Å². The van der Waals surface area contributed by atoms with E-state index in [0.717, 1.165) is 12.1 Å². The Morgan fingerprint density at radius 1 is 1.38 bits per heavy atom. The Kier molecular flexibility index (Phi) is 4.67. The summed E-state index contributed by atoms with van der Waals surface area (Å²) in [5, 5.41) is 31.1. The third-order valence-corrected chi connectivity index (χ3v) is 2.37. The lowest BCUT2D eigenvalue weighted by Gasteiger charge is -2.18. The summed E-state index contributed by atoms with van der Waals surface area (Å²) in [7, 11) is 1.74. The van der Waals surface area contributed by atoms with Gasteiger partial charge in [0.2, 0.25) is 0 Å². The number of aliphatic hydroxyl groups is 2. The summed E-state index contributed by atoms with van der Waals surface area (Å²) in [6, 6.07) is 3.55. The van der Waals surface area contributed by atoms with E-state index in [1.807, 2.05) is 0 Å². The van der Waals surface area contributed by atoms with Crippen molar-refractivity contribution in [1.29, 1.82) is 0 Å². The van der Waals surface area contributed by atoms with Gasteiger partial charge in [-0.25, -0.2) is 4.39 Å². The molecule has 0 spiro atoms. The normalized spacial score (nSPS) is 14.8. The minimum absolute atomic E-state index is 0.249. The van der Waals surface area contributed by atoms with E-state index in [4.69, 9.17) is 5.11 Å². The van der Waals surface area contributed by atoms with Crippen LogP contribution in [0.4, 0.5) is 4.39 Å². The number of aromatic hydroxyl groups is 1. The van der Waals surface area contributed by atoms with E-state index in [-0.39, 0.29) is 5.56 Å². The molecule has 90 valence electrons. The van der Waals surface area contributed by atoms with Gasteiger partial charge < -0.3 is 20.6 Å². The van der Waals surface area contributed by atoms with Crippen LogP contribution < -0.4 is 5.32 Å². The Hall–Kier alpha value is -1.17. The number of nitrogens with one attached hydrogen (secondary N) is 1. The van der Waals surface area contributed by atoms with Gasteiger partial charge in [0.1, 0.15) is 6.10 Å². The lowest BCUT2D eigenvalue weighted by atomic mass is 10.0. The molecule has 0 bridgehead atoms. The van der Waals surface area contributed by atoms with Gasteiger partial charge in [0.05, 0.1) is 6.10 Å². The second-order valence-corrected chi connectivity index (χ2v) is 3.62. The number of hydrogen-bond acceptors (Lipinski definition) is 4. The minimum atomic E-state index is -1.15. The first-order valence-corrected chi connectivity index (χ1v) is 5.05. The fourth-order valence-electron chi connectivity index (χ4n) is 1.38. The zero-order valence-corrected chi connectivity index (χ0v) is 9.02. The monoisotopic (exact) mass is 229 g/mol. The smallest absolute Gasteiger partial charge is 0.165 e. The van der Waals surface area contributed by atoms with Gasteiger partial charge in [0.15, 0.2) is 11.6 Å². The fraction of sp³-hybridized carbons (Fsp3) is 0.455. The first-order chi connectivity index (χ1) is 7.56. The molecule has 1 aromatic carbocycles. The van der Waals surface area contributed by atoms with E-state index in [9.17, 15) is 14.6 Å². The predicted octanol–water partition coefficient (Wildman–Crippen LogP) is 0.535. The molecule has 0 aliphatic heterocycles. The van der Waals surface area contributed by atoms with E-state index in [1.54, 1.807) is 7.05 Å². The Bertz CT molecular complexity index is 346. The third-order valence-electron chi connectivity index (χ3n) is 2.37. The predicted molar refractivity (Wildman–Crippen MR) is 57.6 cm³/mol. The van der Waals surface area contributed by atoms with Gasteiger partial charge in [0, 0.05) is 0 Å². The highest BCUT2D eigenvalue weighted by Gasteiger charge is 2.18. The fourth-order valence-corrected chi connectivity index (χ4v) is 1.38. The maximum Gasteiger partial charge on any atom is 0.165 e. The van der Waals surface area contributed by atoms with Crippen LogP contribution in [0.5, 0.6) is 5.75 Å². The highest BCUT2D eigenvalue weighted by molar-refractivity contribution is 5.29. The van der Waals surface area contributed by atoms with E-state index in [1.165, 1.54) is 6.07 Å². The Labute approximate surface area is 93.4 Å². The Morgan fingerprint density at radius 3 is 2.62 bits per heavy atom. The molecule has 0 aliphatic rings. The Balaban J connectivity index is 2.71. The molecule has 0 saturated heterocycles. The number of phenolic OH excluding ortho intramolecular Hbond substituents is 1. The number of benzene rings is 1. The second-order valence-electron chi connectivity index (χ2n) is 3.62. The lowest BCUT2D eigenvalue weighted by molar-refractivity contribution is 0.0138. The van der Waals surface area contributed by atoms with E-state index in [2.05, 4.69) is 5.32 Å². The first kappa shape index (κ1) is 12.9. The SMILES string of the molecule is CNCCC(O)C(O)c1ccc(O)c(F)c1. The van der Waals surface area contributed by atoms with Crippen LogP contribution in [0.3, 0.4) is 0 Å². The summed E-state index contributed by atoms with van der Waals surface area (Å²) in [4.78, 5) is 0. The number of rotatable bonds is 5. The summed E-state index contributed by atoms with van der Waals surface area (Å²) < 4.78 is 13.0. The molecule has 4 N–H and O–H groups in total. The van der Waals surface area contributed by atoms with Crippen LogP contribution in [0.25, 0.3) is 0 Å². The molecule has 0 fully saturated rings. The van der Waals surface area contributed by atoms with Crippen LogP contribution in [-0.2, 0) is 0 Å². The van der Waals surface area contributed by atoms with Crippen molar-refractivity contribution in [3.8, 4) is 5.75 Å². The quantitative estimate of drug-likeness (QED) is 0.594. The van der Waals surface area contributed by atoms with Crippen LogP contribution in [0.2, 0.25) is 0 Å². The van der Waals surface area contributed by atoms with Crippen LogP contribution in [-0.4, -0.2) is 35.0 Å². The summed E-state index contributed by atoms with van der Waals surface area (Å²) in [6.07, 6.45) is -1.75. The number of hydrogen-bond donors (Lipinski definition) is 4. The molecule has 0 aromatic heterocycles. The zero-order chi connectivity index (χ0) is 12.1. The molecule has 4 nitrogen and oxygen atoms in total. The van der Waals surface area contributed by atoms with Crippen molar-refractivity contribution >= 4 is 0 Å². The average Bonchev–Trinajstić information content (AvgIpc) is 2.28. The average molecular weight is 229 g/mol. The van der Waals surface area contributed by atoms with E-state index >= 15 is 0 Å². The molecule has 2 atom stereocenters. The summed E-state index contributed by atoms with van der Waals surface area (Å²) in [5.74, 6) is -1.28. The van der Waals surface area contributed by atoms with Crippen molar-refractivity contribution in [3.05, 3.63) is 29.6 Å². The largest absolute Gasteiger partial charge is 0.505 e. The van der Waals surface area contributed by atoms with Crippen molar-refractivity contribution in [2.24, 2.45) is 0 Å². The maximum absolute atomic E-state index is 13.0. The molecule has 0 heterocycles. The minimum Gasteiger partial charge on any atom is -0.505 e. The van der Waals surface area contributed by atoms with Gasteiger partial charge in [-0.3, -0.25) is 0 Å². The zero-order valence-electron chi connectivity index (χ0n) is 9.02. The number of halogens is 1. The van der Waals surface area contributed by atoms with Gasteiger partial charge in [-0.1, -0.05) is 6.07 Å². The molecule has 16 heavy (non-hydrogen) atoms. The molecule has 0 amide bonds. The Morgan fingerprint density at radius 2 is 2.06 bits per heavy atom. The molecule has 2 unspecified atom stereocenters. The highest BCUT2D eigenvalue weighted by Crippen LogP contribution is 2.23. The topological polar surface area (TPSA) is 72.7 Å². The van der Waals surface area contributed by atoms with Gasteiger partial charge in [-0.2, -0.15) is 0 Å². The molecule has 0 aliphatic carbocycles. The standard InChI is InChI=1S/C11H16FNO3/c1-13-5-4-10(15)11(16)7-2-3-9(14)8(12)6-7/h2-3,6,10-11,13-16H,4-5H2,1H3. The van der Waals surface area contributed by atoms with Gasteiger partial charge in [0.25, 0.3) is 0 Å². The van der Waals surface area contributed by atoms with Crippen LogP contribution in [0.1, 0.15) is 18.1 Å². The van der Waals surface area contributed by atoms with Crippen molar-refractivity contribution in [2.45, 2.75) is 18.6 Å². The maximum atomic E-state index is 13.0.